The van der Waals surface area contributed by atoms with E-state index in [0.29, 0.717) is 30.3 Å². The predicted molar refractivity (Wildman–Crippen MR) is 140 cm³/mol. The van der Waals surface area contributed by atoms with E-state index >= 15 is 8.78 Å². The molecule has 1 aromatic heterocycles. The van der Waals surface area contributed by atoms with Crippen LogP contribution in [0.1, 0.15) is 24.8 Å². The summed E-state index contributed by atoms with van der Waals surface area (Å²) in [6, 6.07) is 6.55. The van der Waals surface area contributed by atoms with E-state index in [2.05, 4.69) is 25.5 Å². The summed E-state index contributed by atoms with van der Waals surface area (Å²) in [6.07, 6.45) is 9.12. The maximum absolute atomic E-state index is 16.2. The first kappa shape index (κ1) is 26.9. The molecule has 0 unspecified atom stereocenters. The van der Waals surface area contributed by atoms with Gasteiger partial charge in [-0.15, -0.1) is 6.42 Å². The number of hydrogen-bond donors (Lipinski definition) is 0. The van der Waals surface area contributed by atoms with E-state index < -0.39 is 51.8 Å². The number of benzene rings is 3. The normalized spacial score (nSPS) is 19.8. The Bertz CT molecular complexity index is 1770. The van der Waals surface area contributed by atoms with Gasteiger partial charge < -0.3 is 9.47 Å². The van der Waals surface area contributed by atoms with Crippen molar-refractivity contribution in [1.29, 1.82) is 0 Å². The van der Waals surface area contributed by atoms with Crippen LogP contribution in [0.3, 0.4) is 0 Å². The van der Waals surface area contributed by atoms with Crippen LogP contribution in [0, 0.1) is 29.8 Å². The Hall–Kier alpha value is -4.30. The fraction of sp³-hybridized carbons (Fsp3) is 0.267. The monoisotopic (exact) mass is 569 g/mol. The first-order valence-corrected chi connectivity index (χ1v) is 12.7. The minimum absolute atomic E-state index is 0.0130. The highest BCUT2D eigenvalue weighted by atomic mass is 19.3. The molecule has 6 rings (SSSR count). The molecular weight excluding hydrogens is 548 g/mol. The average molecular weight is 570 g/mol. The van der Waals surface area contributed by atoms with Crippen molar-refractivity contribution in [1.82, 2.24) is 14.9 Å². The minimum Gasteiger partial charge on any atom is -0.461 e. The van der Waals surface area contributed by atoms with E-state index in [1.807, 2.05) is 0 Å². The van der Waals surface area contributed by atoms with Crippen molar-refractivity contribution in [3.63, 3.8) is 0 Å². The molecule has 2 aliphatic rings. The smallest absolute Gasteiger partial charge is 0.387 e. The molecule has 1 atom stereocenters. The van der Waals surface area contributed by atoms with E-state index in [9.17, 15) is 17.6 Å². The highest BCUT2D eigenvalue weighted by Crippen LogP contribution is 2.44. The summed E-state index contributed by atoms with van der Waals surface area (Å²) in [5, 5.41) is -0.0689. The second-order valence-corrected chi connectivity index (χ2v) is 10.1. The van der Waals surface area contributed by atoms with Gasteiger partial charge in [0.05, 0.1) is 28.4 Å². The molecule has 5 nitrogen and oxygen atoms in total. The molecule has 4 aromatic rings. The molecule has 2 aliphatic heterocycles. The molecule has 2 fully saturated rings. The van der Waals surface area contributed by atoms with Crippen molar-refractivity contribution in [2.45, 2.75) is 31.4 Å². The molecule has 0 radical (unpaired) electrons. The third-order valence-corrected chi connectivity index (χ3v) is 7.79. The second kappa shape index (κ2) is 10.3. The van der Waals surface area contributed by atoms with E-state index in [1.54, 1.807) is 6.07 Å². The van der Waals surface area contributed by atoms with Gasteiger partial charge >= 0.3 is 12.6 Å². The standard InChI is InChI=1S/C30H21F6N3O2/c1-2-18-21(32)8-7-17-5-3-6-19(22(17)18)23-24(33)26-20(27(25(23)34)41-28(35)36)13-37-29(38-26)40-15-30-9-4-10-39(30)14-16(11-30)12-31/h1,3,5-8,12-13,28H,4,9-11,14-15H2/b16-12-/t30-/m0/s1. The number of alkyl halides is 2. The largest absolute Gasteiger partial charge is 0.461 e. The van der Waals surface area contributed by atoms with E-state index in [4.69, 9.17) is 11.2 Å². The summed E-state index contributed by atoms with van der Waals surface area (Å²) in [7, 11) is 0. The van der Waals surface area contributed by atoms with E-state index in [-0.39, 0.29) is 29.1 Å². The number of rotatable bonds is 6. The van der Waals surface area contributed by atoms with Gasteiger partial charge in [0.25, 0.3) is 0 Å². The molecule has 0 bridgehead atoms. The van der Waals surface area contributed by atoms with Crippen LogP contribution in [0.2, 0.25) is 0 Å². The van der Waals surface area contributed by atoms with Crippen LogP contribution < -0.4 is 9.47 Å². The van der Waals surface area contributed by atoms with Crippen LogP contribution in [0.15, 0.2) is 48.4 Å². The highest BCUT2D eigenvalue weighted by Gasteiger charge is 2.47. The maximum atomic E-state index is 16.2. The lowest BCUT2D eigenvalue weighted by Crippen LogP contribution is -2.43. The SMILES string of the molecule is C#Cc1c(F)ccc2cccc(-c3c(F)c(OC(F)F)c4cnc(OC[C@@]56CCCN5C/C(=C\F)C6)nc4c3F)c12. The second-order valence-electron chi connectivity index (χ2n) is 10.1. The lowest BCUT2D eigenvalue weighted by Gasteiger charge is -2.30. The van der Waals surface area contributed by atoms with Crippen molar-refractivity contribution in [2.24, 2.45) is 0 Å². The Morgan fingerprint density at radius 2 is 1.98 bits per heavy atom. The van der Waals surface area contributed by atoms with Gasteiger partial charge in [0.1, 0.15) is 17.9 Å². The Morgan fingerprint density at radius 1 is 1.15 bits per heavy atom. The number of fused-ring (bicyclic) bond motifs is 3. The summed E-state index contributed by atoms with van der Waals surface area (Å²) in [5.41, 5.74) is -1.60. The van der Waals surface area contributed by atoms with Crippen molar-refractivity contribution in [3.05, 3.63) is 71.4 Å². The van der Waals surface area contributed by atoms with E-state index in [1.165, 1.54) is 18.2 Å². The van der Waals surface area contributed by atoms with Gasteiger partial charge in [0.15, 0.2) is 17.4 Å². The van der Waals surface area contributed by atoms with Crippen LogP contribution in [-0.4, -0.2) is 46.7 Å². The number of aromatic nitrogens is 2. The number of ether oxygens (including phenoxy) is 2. The zero-order valence-electron chi connectivity index (χ0n) is 21.4. The maximum Gasteiger partial charge on any atom is 0.387 e. The molecule has 0 spiro atoms. The van der Waals surface area contributed by atoms with Gasteiger partial charge in [-0.3, -0.25) is 4.90 Å². The molecule has 2 saturated heterocycles. The number of terminal acetylenes is 1. The molecule has 11 heteroatoms. The molecule has 3 aromatic carbocycles. The molecule has 0 N–H and O–H groups in total. The van der Waals surface area contributed by atoms with Gasteiger partial charge in [-0.2, -0.15) is 13.8 Å². The molecular formula is C30H21F6N3O2. The summed E-state index contributed by atoms with van der Waals surface area (Å²) in [6.45, 7) is -2.16. The van der Waals surface area contributed by atoms with Gasteiger partial charge in [0.2, 0.25) is 0 Å². The first-order valence-electron chi connectivity index (χ1n) is 12.7. The van der Waals surface area contributed by atoms with Gasteiger partial charge in [-0.05, 0) is 48.4 Å². The number of halogens is 6. The summed E-state index contributed by atoms with van der Waals surface area (Å²) >= 11 is 0. The fourth-order valence-electron chi connectivity index (χ4n) is 6.01. The van der Waals surface area contributed by atoms with Crippen molar-refractivity contribution < 1.29 is 35.8 Å². The molecule has 41 heavy (non-hydrogen) atoms. The fourth-order valence-corrected chi connectivity index (χ4v) is 6.01. The average Bonchev–Trinajstić information content (AvgIpc) is 3.51. The van der Waals surface area contributed by atoms with Crippen LogP contribution in [0.5, 0.6) is 11.8 Å². The summed E-state index contributed by atoms with van der Waals surface area (Å²) in [5.74, 6) is -2.26. The van der Waals surface area contributed by atoms with Crippen LogP contribution >= 0.6 is 0 Å². The Labute approximate surface area is 230 Å². The van der Waals surface area contributed by atoms with Gasteiger partial charge in [-0.25, -0.2) is 22.5 Å². The Balaban J connectivity index is 1.50. The van der Waals surface area contributed by atoms with Crippen LogP contribution in [0.25, 0.3) is 32.8 Å². The molecule has 0 aliphatic carbocycles. The lowest BCUT2D eigenvalue weighted by molar-refractivity contribution is -0.0510. The van der Waals surface area contributed by atoms with Gasteiger partial charge in [-0.1, -0.05) is 30.2 Å². The predicted octanol–water partition coefficient (Wildman–Crippen LogP) is 6.92. The number of nitrogens with zero attached hydrogens (tertiary/aromatic N) is 3. The van der Waals surface area contributed by atoms with Crippen LogP contribution in [0.4, 0.5) is 26.3 Å². The van der Waals surface area contributed by atoms with Crippen molar-refractivity contribution in [3.8, 4) is 35.2 Å². The molecule has 210 valence electrons. The van der Waals surface area contributed by atoms with E-state index in [0.717, 1.165) is 31.6 Å². The van der Waals surface area contributed by atoms with Crippen LogP contribution in [-0.2, 0) is 0 Å². The molecule has 0 amide bonds. The first-order chi connectivity index (χ1) is 19.8. The quantitative estimate of drug-likeness (QED) is 0.186. The topological polar surface area (TPSA) is 47.5 Å². The Morgan fingerprint density at radius 3 is 2.73 bits per heavy atom. The van der Waals surface area contributed by atoms with Crippen molar-refractivity contribution >= 4 is 21.7 Å². The van der Waals surface area contributed by atoms with Crippen molar-refractivity contribution in [2.75, 3.05) is 19.7 Å². The third-order valence-electron chi connectivity index (χ3n) is 7.79. The molecule has 3 heterocycles. The number of hydrogen-bond acceptors (Lipinski definition) is 5. The highest BCUT2D eigenvalue weighted by molar-refractivity contribution is 6.03. The molecule has 0 saturated carbocycles. The minimum atomic E-state index is -3.46. The summed E-state index contributed by atoms with van der Waals surface area (Å²) < 4.78 is 97.0. The zero-order valence-corrected chi connectivity index (χ0v) is 21.4. The zero-order chi connectivity index (χ0) is 28.9. The summed E-state index contributed by atoms with van der Waals surface area (Å²) in [4.78, 5) is 10.2. The Kier molecular flexibility index (Phi) is 6.74. The lowest BCUT2D eigenvalue weighted by atomic mass is 9.93. The van der Waals surface area contributed by atoms with Gasteiger partial charge in [0, 0.05) is 18.1 Å². The third kappa shape index (κ3) is 4.43.